The van der Waals surface area contributed by atoms with E-state index in [-0.39, 0.29) is 6.04 Å². The Morgan fingerprint density at radius 1 is 1.21 bits per heavy atom. The minimum absolute atomic E-state index is 0.0396. The molecule has 0 amide bonds. The number of hydrazine groups is 1. The second-order valence-corrected chi connectivity index (χ2v) is 4.95. The zero-order valence-electron chi connectivity index (χ0n) is 10.3. The summed E-state index contributed by atoms with van der Waals surface area (Å²) < 4.78 is 0. The topological polar surface area (TPSA) is 63.0 Å². The highest BCUT2D eigenvalue weighted by Crippen LogP contribution is 2.28. The largest absolute Gasteiger partial charge is 0.378 e. The number of pyridine rings is 1. The van der Waals surface area contributed by atoms with E-state index in [9.17, 15) is 0 Å². The lowest BCUT2D eigenvalue weighted by Crippen LogP contribution is -2.10. The average Bonchev–Trinajstić information content (AvgIpc) is 2.38. The van der Waals surface area contributed by atoms with E-state index in [4.69, 9.17) is 29.0 Å². The van der Waals surface area contributed by atoms with Gasteiger partial charge in [0.2, 0.25) is 0 Å². The van der Waals surface area contributed by atoms with Crippen molar-refractivity contribution < 1.29 is 0 Å². The molecule has 0 aliphatic rings. The van der Waals surface area contributed by atoms with Crippen molar-refractivity contribution in [2.45, 2.75) is 13.0 Å². The van der Waals surface area contributed by atoms with Crippen molar-refractivity contribution in [1.29, 1.82) is 0 Å². The molecular formula is C13H14Cl2N4. The van der Waals surface area contributed by atoms with Crippen LogP contribution in [-0.4, -0.2) is 4.98 Å². The van der Waals surface area contributed by atoms with Gasteiger partial charge >= 0.3 is 0 Å². The molecule has 0 spiro atoms. The quantitative estimate of drug-likeness (QED) is 0.592. The van der Waals surface area contributed by atoms with Gasteiger partial charge in [-0.15, -0.1) is 0 Å². The Labute approximate surface area is 121 Å². The first-order valence-corrected chi connectivity index (χ1v) is 6.50. The summed E-state index contributed by atoms with van der Waals surface area (Å²) in [5.41, 5.74) is 4.39. The van der Waals surface area contributed by atoms with Crippen LogP contribution in [0.2, 0.25) is 10.0 Å². The van der Waals surface area contributed by atoms with Crippen LogP contribution in [-0.2, 0) is 0 Å². The van der Waals surface area contributed by atoms with Crippen LogP contribution < -0.4 is 16.6 Å². The first-order valence-electron chi connectivity index (χ1n) is 5.74. The molecule has 2 rings (SSSR count). The molecule has 100 valence electrons. The molecule has 0 saturated carbocycles. The fourth-order valence-corrected chi connectivity index (χ4v) is 2.35. The molecule has 1 unspecified atom stereocenters. The van der Waals surface area contributed by atoms with Crippen LogP contribution in [0.3, 0.4) is 0 Å². The molecule has 1 aromatic heterocycles. The van der Waals surface area contributed by atoms with Crippen LogP contribution in [0.5, 0.6) is 0 Å². The van der Waals surface area contributed by atoms with E-state index in [1.807, 2.05) is 31.2 Å². The molecule has 0 saturated heterocycles. The fraction of sp³-hybridized carbons (Fsp3) is 0.154. The number of nitrogens with one attached hydrogen (secondary N) is 2. The van der Waals surface area contributed by atoms with Crippen LogP contribution in [0.1, 0.15) is 18.5 Å². The number of hydrogen-bond acceptors (Lipinski definition) is 4. The highest BCUT2D eigenvalue weighted by Gasteiger charge is 2.10. The van der Waals surface area contributed by atoms with Gasteiger partial charge in [-0.3, -0.25) is 0 Å². The number of benzene rings is 1. The van der Waals surface area contributed by atoms with Crippen molar-refractivity contribution in [2.24, 2.45) is 5.84 Å². The van der Waals surface area contributed by atoms with Crippen LogP contribution in [0, 0.1) is 0 Å². The molecule has 0 aliphatic heterocycles. The Morgan fingerprint density at radius 2 is 2.00 bits per heavy atom. The molecule has 0 aliphatic carbocycles. The van der Waals surface area contributed by atoms with Crippen LogP contribution in [0.15, 0.2) is 36.5 Å². The standard InChI is InChI=1S/C13H14Cl2N4/c1-8(11-3-2-9(14)6-12(11)15)18-10-4-5-17-13(7-10)19-16/h2-8H,16H2,1H3,(H2,17,18,19). The maximum absolute atomic E-state index is 6.18. The fourth-order valence-electron chi connectivity index (χ4n) is 1.78. The number of halogens is 2. The maximum Gasteiger partial charge on any atom is 0.141 e. The van der Waals surface area contributed by atoms with E-state index in [0.717, 1.165) is 11.3 Å². The molecule has 6 heteroatoms. The lowest BCUT2D eigenvalue weighted by atomic mass is 10.1. The summed E-state index contributed by atoms with van der Waals surface area (Å²) in [5.74, 6) is 5.92. The predicted molar refractivity (Wildman–Crippen MR) is 80.5 cm³/mol. The summed E-state index contributed by atoms with van der Waals surface area (Å²) in [4.78, 5) is 4.05. The Hall–Kier alpha value is -1.49. The number of nitrogen functional groups attached to an aromatic ring is 1. The van der Waals surface area contributed by atoms with Gasteiger partial charge in [0, 0.05) is 34.0 Å². The lowest BCUT2D eigenvalue weighted by Gasteiger charge is -2.17. The molecular weight excluding hydrogens is 283 g/mol. The number of anilines is 2. The molecule has 1 aromatic carbocycles. The van der Waals surface area contributed by atoms with Crippen molar-refractivity contribution in [1.82, 2.24) is 4.98 Å². The van der Waals surface area contributed by atoms with Crippen molar-refractivity contribution in [2.75, 3.05) is 10.7 Å². The summed E-state index contributed by atoms with van der Waals surface area (Å²) in [7, 11) is 0. The molecule has 4 nitrogen and oxygen atoms in total. The van der Waals surface area contributed by atoms with Crippen molar-refractivity contribution in [3.05, 3.63) is 52.1 Å². The van der Waals surface area contributed by atoms with E-state index in [2.05, 4.69) is 15.7 Å². The number of rotatable bonds is 4. The highest BCUT2D eigenvalue weighted by atomic mass is 35.5. The van der Waals surface area contributed by atoms with Gasteiger partial charge in [0.1, 0.15) is 5.82 Å². The Bertz CT molecular complexity index is 574. The Balaban J connectivity index is 2.17. The zero-order chi connectivity index (χ0) is 13.8. The van der Waals surface area contributed by atoms with E-state index in [0.29, 0.717) is 15.9 Å². The maximum atomic E-state index is 6.18. The number of nitrogens with two attached hydrogens (primary N) is 1. The third kappa shape index (κ3) is 3.50. The minimum atomic E-state index is 0.0396. The van der Waals surface area contributed by atoms with Crippen molar-refractivity contribution >= 4 is 34.7 Å². The van der Waals surface area contributed by atoms with Crippen LogP contribution >= 0.6 is 23.2 Å². The van der Waals surface area contributed by atoms with Gasteiger partial charge in [-0.2, -0.15) is 0 Å². The van der Waals surface area contributed by atoms with Crippen LogP contribution in [0.25, 0.3) is 0 Å². The Morgan fingerprint density at radius 3 is 2.68 bits per heavy atom. The summed E-state index contributed by atoms with van der Waals surface area (Å²) in [6, 6.07) is 9.18. The van der Waals surface area contributed by atoms with Gasteiger partial charge in [-0.1, -0.05) is 29.3 Å². The van der Waals surface area contributed by atoms with Gasteiger partial charge < -0.3 is 10.7 Å². The van der Waals surface area contributed by atoms with Gasteiger partial charge in [-0.25, -0.2) is 10.8 Å². The van der Waals surface area contributed by atoms with Crippen LogP contribution in [0.4, 0.5) is 11.5 Å². The van der Waals surface area contributed by atoms with Gasteiger partial charge in [0.05, 0.1) is 0 Å². The summed E-state index contributed by atoms with van der Waals surface area (Å²) in [6.45, 7) is 2.02. The SMILES string of the molecule is CC(Nc1ccnc(NN)c1)c1ccc(Cl)cc1Cl. The molecule has 0 radical (unpaired) electrons. The molecule has 4 N–H and O–H groups in total. The molecule has 19 heavy (non-hydrogen) atoms. The molecule has 1 atom stereocenters. The van der Waals surface area contributed by atoms with Crippen molar-refractivity contribution in [3.8, 4) is 0 Å². The zero-order valence-corrected chi connectivity index (χ0v) is 11.8. The minimum Gasteiger partial charge on any atom is -0.378 e. The second kappa shape index (κ2) is 6.10. The van der Waals surface area contributed by atoms with Gasteiger partial charge in [0.15, 0.2) is 0 Å². The third-order valence-electron chi connectivity index (χ3n) is 2.72. The van der Waals surface area contributed by atoms with E-state index in [1.54, 1.807) is 12.3 Å². The van der Waals surface area contributed by atoms with Gasteiger partial charge in [-0.05, 0) is 30.7 Å². The lowest BCUT2D eigenvalue weighted by molar-refractivity contribution is 0.884. The normalized spacial score (nSPS) is 12.0. The molecule has 0 fully saturated rings. The predicted octanol–water partition coefficient (Wildman–Crippen LogP) is 3.85. The molecule has 2 aromatic rings. The number of nitrogens with zero attached hydrogens (tertiary/aromatic N) is 1. The number of hydrogen-bond donors (Lipinski definition) is 3. The monoisotopic (exact) mass is 296 g/mol. The van der Waals surface area contributed by atoms with E-state index in [1.165, 1.54) is 0 Å². The molecule has 1 heterocycles. The number of aromatic nitrogens is 1. The smallest absolute Gasteiger partial charge is 0.141 e. The average molecular weight is 297 g/mol. The second-order valence-electron chi connectivity index (χ2n) is 4.11. The van der Waals surface area contributed by atoms with Gasteiger partial charge in [0.25, 0.3) is 0 Å². The highest BCUT2D eigenvalue weighted by molar-refractivity contribution is 6.35. The third-order valence-corrected chi connectivity index (χ3v) is 3.28. The Kier molecular flexibility index (Phi) is 4.47. The summed E-state index contributed by atoms with van der Waals surface area (Å²) in [5, 5.41) is 4.59. The first kappa shape index (κ1) is 13.9. The van der Waals surface area contributed by atoms with E-state index < -0.39 is 0 Å². The first-order chi connectivity index (χ1) is 9.10. The van der Waals surface area contributed by atoms with Crippen molar-refractivity contribution in [3.63, 3.8) is 0 Å². The van der Waals surface area contributed by atoms with E-state index >= 15 is 0 Å². The summed E-state index contributed by atoms with van der Waals surface area (Å²) in [6.07, 6.45) is 1.67. The summed E-state index contributed by atoms with van der Waals surface area (Å²) >= 11 is 12.1. The molecule has 0 bridgehead atoms.